The van der Waals surface area contributed by atoms with Gasteiger partial charge in [-0.2, -0.15) is 5.10 Å². The van der Waals surface area contributed by atoms with Crippen LogP contribution in [-0.4, -0.2) is 51.2 Å². The van der Waals surface area contributed by atoms with Crippen LogP contribution in [0, 0.1) is 0 Å². The molecule has 128 valence electrons. The van der Waals surface area contributed by atoms with E-state index in [-0.39, 0.29) is 11.9 Å². The van der Waals surface area contributed by atoms with E-state index in [4.69, 9.17) is 0 Å². The van der Waals surface area contributed by atoms with E-state index in [1.54, 1.807) is 12.4 Å². The zero-order valence-corrected chi connectivity index (χ0v) is 14.4. The maximum atomic E-state index is 12.8. The average Bonchev–Trinajstić information content (AvgIpc) is 3.28. The zero-order chi connectivity index (χ0) is 16.9. The first kappa shape index (κ1) is 16.5. The summed E-state index contributed by atoms with van der Waals surface area (Å²) in [5, 5.41) is 4.26. The fraction of sp³-hybridized carbons (Fsp3) is 0.500. The molecular weight excluding hydrogens is 302 g/mol. The van der Waals surface area contributed by atoms with Gasteiger partial charge in [0.1, 0.15) is 5.82 Å². The van der Waals surface area contributed by atoms with Crippen LogP contribution in [0.3, 0.4) is 0 Å². The van der Waals surface area contributed by atoms with E-state index in [2.05, 4.69) is 28.8 Å². The monoisotopic (exact) mass is 327 g/mol. The van der Waals surface area contributed by atoms with E-state index in [9.17, 15) is 4.79 Å². The Bertz CT molecular complexity index is 649. The quantitative estimate of drug-likeness (QED) is 0.818. The Hall–Kier alpha value is -2.37. The normalized spacial score (nSPS) is 17.2. The highest BCUT2D eigenvalue weighted by Gasteiger charge is 2.30. The van der Waals surface area contributed by atoms with Crippen molar-refractivity contribution in [2.45, 2.75) is 39.3 Å². The van der Waals surface area contributed by atoms with E-state index < -0.39 is 0 Å². The number of amides is 1. The highest BCUT2D eigenvalue weighted by Crippen LogP contribution is 2.22. The molecule has 6 heteroatoms. The second-order valence-electron chi connectivity index (χ2n) is 6.10. The number of carbonyl (C=O) groups excluding carboxylic acids is 1. The molecular formula is C18H25N5O. The van der Waals surface area contributed by atoms with Gasteiger partial charge in [0.2, 0.25) is 0 Å². The first-order valence-electron chi connectivity index (χ1n) is 8.72. The lowest BCUT2D eigenvalue weighted by atomic mass is 10.2. The van der Waals surface area contributed by atoms with Gasteiger partial charge in [0.05, 0.1) is 18.2 Å². The van der Waals surface area contributed by atoms with E-state index in [0.717, 1.165) is 44.8 Å². The Morgan fingerprint density at radius 1 is 1.33 bits per heavy atom. The Morgan fingerprint density at radius 2 is 2.17 bits per heavy atom. The largest absolute Gasteiger partial charge is 0.357 e. The zero-order valence-electron chi connectivity index (χ0n) is 14.4. The Kier molecular flexibility index (Phi) is 5.13. The summed E-state index contributed by atoms with van der Waals surface area (Å²) in [7, 11) is 0. The fourth-order valence-electron chi connectivity index (χ4n) is 3.33. The lowest BCUT2D eigenvalue weighted by Crippen LogP contribution is -2.38. The molecule has 0 spiro atoms. The van der Waals surface area contributed by atoms with Crippen molar-refractivity contribution >= 4 is 11.7 Å². The van der Waals surface area contributed by atoms with E-state index in [1.807, 2.05) is 34.0 Å². The summed E-state index contributed by atoms with van der Waals surface area (Å²) in [6, 6.07) is 5.96. The molecule has 3 rings (SSSR count). The van der Waals surface area contributed by atoms with Crippen LogP contribution in [0.4, 0.5) is 5.82 Å². The molecule has 1 atom stereocenters. The molecule has 1 aliphatic heterocycles. The van der Waals surface area contributed by atoms with Crippen LogP contribution >= 0.6 is 0 Å². The first-order chi connectivity index (χ1) is 11.7. The topological polar surface area (TPSA) is 54.3 Å². The number of hydrogen-bond acceptors (Lipinski definition) is 4. The minimum Gasteiger partial charge on any atom is -0.357 e. The second kappa shape index (κ2) is 7.47. The van der Waals surface area contributed by atoms with Crippen molar-refractivity contribution in [2.24, 2.45) is 0 Å². The number of likely N-dealkylation sites (tertiary alicyclic amines) is 1. The van der Waals surface area contributed by atoms with Crippen LogP contribution in [-0.2, 0) is 6.54 Å². The van der Waals surface area contributed by atoms with Gasteiger partial charge in [0.25, 0.3) is 5.91 Å². The van der Waals surface area contributed by atoms with Gasteiger partial charge in [-0.1, -0.05) is 0 Å². The van der Waals surface area contributed by atoms with Crippen molar-refractivity contribution < 1.29 is 4.79 Å². The molecule has 0 saturated carbocycles. The van der Waals surface area contributed by atoms with Crippen molar-refractivity contribution in [1.29, 1.82) is 0 Å². The molecule has 0 N–H and O–H groups in total. The van der Waals surface area contributed by atoms with E-state index in [1.165, 1.54) is 0 Å². The lowest BCUT2D eigenvalue weighted by molar-refractivity contribution is 0.0721. The summed E-state index contributed by atoms with van der Waals surface area (Å²) in [5.41, 5.74) is 0.665. The summed E-state index contributed by atoms with van der Waals surface area (Å²) in [5.74, 6) is 0.995. The first-order valence-corrected chi connectivity index (χ1v) is 8.72. The van der Waals surface area contributed by atoms with Gasteiger partial charge in [0.15, 0.2) is 0 Å². The molecule has 2 aromatic rings. The summed E-state index contributed by atoms with van der Waals surface area (Å²) in [4.78, 5) is 21.5. The smallest absolute Gasteiger partial charge is 0.255 e. The Balaban J connectivity index is 1.70. The van der Waals surface area contributed by atoms with E-state index in [0.29, 0.717) is 5.56 Å². The minimum absolute atomic E-state index is 0.0725. The maximum absolute atomic E-state index is 12.8. The number of carbonyl (C=O) groups is 1. The molecule has 0 bridgehead atoms. The number of hydrogen-bond donors (Lipinski definition) is 0. The second-order valence-corrected chi connectivity index (χ2v) is 6.10. The molecule has 6 nitrogen and oxygen atoms in total. The number of pyridine rings is 1. The molecule has 1 saturated heterocycles. The van der Waals surface area contributed by atoms with Crippen molar-refractivity contribution in [3.8, 4) is 0 Å². The van der Waals surface area contributed by atoms with Gasteiger partial charge >= 0.3 is 0 Å². The molecule has 3 heterocycles. The SMILES string of the molecule is CCN(CC)c1ccc(C(=O)N2CCCC2Cn2cccn2)cn1. The Labute approximate surface area is 143 Å². The van der Waals surface area contributed by atoms with Crippen LogP contribution in [0.15, 0.2) is 36.8 Å². The maximum Gasteiger partial charge on any atom is 0.255 e. The Morgan fingerprint density at radius 3 is 2.79 bits per heavy atom. The van der Waals surface area contributed by atoms with Crippen LogP contribution in [0.2, 0.25) is 0 Å². The predicted molar refractivity (Wildman–Crippen MR) is 94.1 cm³/mol. The highest BCUT2D eigenvalue weighted by atomic mass is 16.2. The fourth-order valence-corrected chi connectivity index (χ4v) is 3.33. The third-order valence-electron chi connectivity index (χ3n) is 4.68. The van der Waals surface area contributed by atoms with E-state index >= 15 is 0 Å². The van der Waals surface area contributed by atoms with Gasteiger partial charge in [-0.05, 0) is 44.9 Å². The standard InChI is InChI=1S/C18H25N5O/c1-3-21(4-2)17-9-8-15(13-19-17)18(24)23-12-5-7-16(23)14-22-11-6-10-20-22/h6,8-11,13,16H,3-5,7,12,14H2,1-2H3. The lowest BCUT2D eigenvalue weighted by Gasteiger charge is -2.25. The van der Waals surface area contributed by atoms with Gasteiger partial charge in [-0.3, -0.25) is 9.48 Å². The number of nitrogens with zero attached hydrogens (tertiary/aromatic N) is 5. The molecule has 1 unspecified atom stereocenters. The van der Waals surface area contributed by atoms with Crippen LogP contribution in [0.1, 0.15) is 37.0 Å². The predicted octanol–water partition coefficient (Wildman–Crippen LogP) is 2.43. The number of aromatic nitrogens is 3. The van der Waals surface area contributed by atoms with Gasteiger partial charge < -0.3 is 9.80 Å². The van der Waals surface area contributed by atoms with Crippen LogP contribution in [0.5, 0.6) is 0 Å². The highest BCUT2D eigenvalue weighted by molar-refractivity contribution is 5.94. The molecule has 0 aromatic carbocycles. The van der Waals surface area contributed by atoms with Crippen molar-refractivity contribution in [3.05, 3.63) is 42.4 Å². The summed E-state index contributed by atoms with van der Waals surface area (Å²) >= 11 is 0. The summed E-state index contributed by atoms with van der Waals surface area (Å²) in [6.45, 7) is 7.60. The van der Waals surface area contributed by atoms with Crippen molar-refractivity contribution in [1.82, 2.24) is 19.7 Å². The van der Waals surface area contributed by atoms with Gasteiger partial charge in [0, 0.05) is 38.2 Å². The molecule has 1 amide bonds. The molecule has 2 aromatic heterocycles. The molecule has 1 fully saturated rings. The van der Waals surface area contributed by atoms with Crippen LogP contribution < -0.4 is 4.90 Å². The third kappa shape index (κ3) is 3.42. The summed E-state index contributed by atoms with van der Waals surface area (Å²) < 4.78 is 1.90. The average molecular weight is 327 g/mol. The molecule has 24 heavy (non-hydrogen) atoms. The van der Waals surface area contributed by atoms with Crippen LogP contribution in [0.25, 0.3) is 0 Å². The third-order valence-corrected chi connectivity index (χ3v) is 4.68. The van der Waals surface area contributed by atoms with Gasteiger partial charge in [-0.15, -0.1) is 0 Å². The number of rotatable bonds is 6. The molecule has 1 aliphatic rings. The van der Waals surface area contributed by atoms with Crippen molar-refractivity contribution in [3.63, 3.8) is 0 Å². The van der Waals surface area contributed by atoms with Crippen molar-refractivity contribution in [2.75, 3.05) is 24.5 Å². The van der Waals surface area contributed by atoms with Gasteiger partial charge in [-0.25, -0.2) is 4.98 Å². The number of anilines is 1. The summed E-state index contributed by atoms with van der Waals surface area (Å²) in [6.07, 6.45) is 7.50. The minimum atomic E-state index is 0.0725. The molecule has 0 radical (unpaired) electrons. The molecule has 0 aliphatic carbocycles.